The summed E-state index contributed by atoms with van der Waals surface area (Å²) in [5.41, 5.74) is 0.779. The van der Waals surface area contributed by atoms with E-state index in [0.29, 0.717) is 24.5 Å². The summed E-state index contributed by atoms with van der Waals surface area (Å²) in [5.74, 6) is 0. The van der Waals surface area contributed by atoms with E-state index in [4.69, 9.17) is 0 Å². The molecule has 1 heterocycles. The van der Waals surface area contributed by atoms with Gasteiger partial charge in [0.15, 0.2) is 0 Å². The van der Waals surface area contributed by atoms with Crippen LogP contribution in [0.1, 0.15) is 23.7 Å². The van der Waals surface area contributed by atoms with E-state index < -0.39 is 10.0 Å². The van der Waals surface area contributed by atoms with Gasteiger partial charge in [-0.1, -0.05) is 19.9 Å². The molecule has 0 bridgehead atoms. The molecule has 1 aromatic heterocycles. The second-order valence-electron chi connectivity index (χ2n) is 4.84. The first-order valence-electron chi connectivity index (χ1n) is 7.22. The van der Waals surface area contributed by atoms with Gasteiger partial charge in [0.25, 0.3) is 0 Å². The lowest BCUT2D eigenvalue weighted by Gasteiger charge is -2.18. The number of aryl methyl sites for hydroxylation is 1. The number of hydrogen-bond donors (Lipinski definition) is 1. The molecule has 0 aliphatic carbocycles. The number of hydrogen-bond acceptors (Lipinski definition) is 5. The van der Waals surface area contributed by atoms with Crippen LogP contribution in [0.4, 0.5) is 5.69 Å². The molecule has 0 radical (unpaired) electrons. The molecule has 0 fully saturated rings. The van der Waals surface area contributed by atoms with Gasteiger partial charge < -0.3 is 5.32 Å². The van der Waals surface area contributed by atoms with Gasteiger partial charge in [-0.25, -0.2) is 13.4 Å². The Kier molecular flexibility index (Phi) is 5.55. The highest BCUT2D eigenvalue weighted by molar-refractivity contribution is 7.89. The second kappa shape index (κ2) is 7.21. The highest BCUT2D eigenvalue weighted by Gasteiger charge is 2.21. The van der Waals surface area contributed by atoms with Crippen LogP contribution in [0.3, 0.4) is 0 Å². The van der Waals surface area contributed by atoms with Gasteiger partial charge in [0.05, 0.1) is 11.4 Å². The Bertz CT molecular complexity index is 722. The highest BCUT2D eigenvalue weighted by Crippen LogP contribution is 2.20. The smallest absolute Gasteiger partial charge is 0.243 e. The first-order chi connectivity index (χ1) is 10.5. The molecule has 22 heavy (non-hydrogen) atoms. The van der Waals surface area contributed by atoms with E-state index in [1.54, 1.807) is 29.5 Å². The van der Waals surface area contributed by atoms with Gasteiger partial charge in [0.1, 0.15) is 5.01 Å². The average Bonchev–Trinajstić information content (AvgIpc) is 2.92. The van der Waals surface area contributed by atoms with Crippen LogP contribution in [0.25, 0.3) is 0 Å². The quantitative estimate of drug-likeness (QED) is 0.842. The maximum absolute atomic E-state index is 12.5. The van der Waals surface area contributed by atoms with Crippen LogP contribution < -0.4 is 5.32 Å². The Morgan fingerprint density at radius 1 is 1.27 bits per heavy atom. The Morgan fingerprint density at radius 2 is 2.00 bits per heavy atom. The van der Waals surface area contributed by atoms with Crippen LogP contribution >= 0.6 is 11.3 Å². The summed E-state index contributed by atoms with van der Waals surface area (Å²) in [6.07, 6.45) is 1.84. The number of benzene rings is 1. The minimum atomic E-state index is -3.42. The van der Waals surface area contributed by atoms with Gasteiger partial charge in [-0.05, 0) is 25.1 Å². The summed E-state index contributed by atoms with van der Waals surface area (Å²) >= 11 is 1.63. The van der Waals surface area contributed by atoms with Gasteiger partial charge in [-0.2, -0.15) is 4.31 Å². The monoisotopic (exact) mass is 339 g/mol. The van der Waals surface area contributed by atoms with Crippen LogP contribution in [-0.4, -0.2) is 30.8 Å². The van der Waals surface area contributed by atoms with Crippen molar-refractivity contribution in [3.8, 4) is 0 Å². The largest absolute Gasteiger partial charge is 0.378 e. The zero-order valence-electron chi connectivity index (χ0n) is 13.0. The summed E-state index contributed by atoms with van der Waals surface area (Å²) < 4.78 is 26.5. The fourth-order valence-electron chi connectivity index (χ4n) is 2.14. The van der Waals surface area contributed by atoms with Crippen molar-refractivity contribution in [1.82, 2.24) is 9.29 Å². The van der Waals surface area contributed by atoms with E-state index in [-0.39, 0.29) is 0 Å². The van der Waals surface area contributed by atoms with Crippen molar-refractivity contribution >= 4 is 27.0 Å². The zero-order chi connectivity index (χ0) is 16.2. The Balaban J connectivity index is 2.16. The third kappa shape index (κ3) is 3.85. The van der Waals surface area contributed by atoms with Crippen LogP contribution in [0, 0.1) is 6.92 Å². The summed E-state index contributed by atoms with van der Waals surface area (Å²) in [5, 5.41) is 4.21. The van der Waals surface area contributed by atoms with Gasteiger partial charge in [0, 0.05) is 29.9 Å². The topological polar surface area (TPSA) is 62.3 Å². The number of aromatic nitrogens is 1. The molecular formula is C15H21N3O2S2. The molecule has 2 rings (SSSR count). The van der Waals surface area contributed by atoms with Crippen LogP contribution in [-0.2, 0) is 16.6 Å². The lowest BCUT2D eigenvalue weighted by Crippen LogP contribution is -2.30. The molecule has 0 saturated carbocycles. The average molecular weight is 339 g/mol. The van der Waals surface area contributed by atoms with E-state index >= 15 is 0 Å². The van der Waals surface area contributed by atoms with Gasteiger partial charge in [0.2, 0.25) is 10.0 Å². The van der Waals surface area contributed by atoms with E-state index in [2.05, 4.69) is 10.3 Å². The standard InChI is InChI=1S/C15H21N3O2S2/c1-4-18(5-2)22(19,20)14-8-6-7-13(9-14)16-11-15-17-10-12(3)21-15/h6-10,16H,4-5,11H2,1-3H3. The molecule has 0 aliphatic rings. The molecule has 0 spiro atoms. The van der Waals surface area contributed by atoms with Gasteiger partial charge >= 0.3 is 0 Å². The Hall–Kier alpha value is -1.44. The Labute approximate surface area is 136 Å². The number of nitrogens with zero attached hydrogens (tertiary/aromatic N) is 2. The van der Waals surface area contributed by atoms with Crippen molar-refractivity contribution in [2.75, 3.05) is 18.4 Å². The molecule has 1 N–H and O–H groups in total. The fourth-order valence-corrected chi connectivity index (χ4v) is 4.37. The minimum Gasteiger partial charge on any atom is -0.378 e. The molecule has 0 saturated heterocycles. The van der Waals surface area contributed by atoms with Crippen molar-refractivity contribution in [2.24, 2.45) is 0 Å². The third-order valence-electron chi connectivity index (χ3n) is 3.29. The summed E-state index contributed by atoms with van der Waals surface area (Å²) in [6.45, 7) is 7.22. The van der Waals surface area contributed by atoms with Crippen LogP contribution in [0.5, 0.6) is 0 Å². The molecule has 2 aromatic rings. The number of rotatable bonds is 7. The molecular weight excluding hydrogens is 318 g/mol. The molecule has 5 nitrogen and oxygen atoms in total. The lowest BCUT2D eigenvalue weighted by molar-refractivity contribution is 0.445. The van der Waals surface area contributed by atoms with Gasteiger partial charge in [-0.15, -0.1) is 11.3 Å². The van der Waals surface area contributed by atoms with Crippen molar-refractivity contribution in [3.05, 3.63) is 40.3 Å². The highest BCUT2D eigenvalue weighted by atomic mass is 32.2. The third-order valence-corrected chi connectivity index (χ3v) is 6.25. The van der Waals surface area contributed by atoms with Gasteiger partial charge in [-0.3, -0.25) is 0 Å². The zero-order valence-corrected chi connectivity index (χ0v) is 14.7. The van der Waals surface area contributed by atoms with Crippen LogP contribution in [0.15, 0.2) is 35.4 Å². The number of thiazole rings is 1. The van der Waals surface area contributed by atoms with E-state index in [1.807, 2.05) is 33.0 Å². The van der Waals surface area contributed by atoms with Crippen LogP contribution in [0.2, 0.25) is 0 Å². The first kappa shape index (κ1) is 16.9. The van der Waals surface area contributed by atoms with Crippen molar-refractivity contribution in [2.45, 2.75) is 32.2 Å². The molecule has 0 atom stereocenters. The molecule has 7 heteroatoms. The number of anilines is 1. The number of sulfonamides is 1. The van der Waals surface area contributed by atoms with E-state index in [0.717, 1.165) is 15.6 Å². The first-order valence-corrected chi connectivity index (χ1v) is 9.48. The van der Waals surface area contributed by atoms with Crippen molar-refractivity contribution in [3.63, 3.8) is 0 Å². The predicted octanol–water partition coefficient (Wildman–Crippen LogP) is 3.09. The molecule has 0 unspecified atom stereocenters. The Morgan fingerprint density at radius 3 is 2.59 bits per heavy atom. The fraction of sp³-hybridized carbons (Fsp3) is 0.400. The van der Waals surface area contributed by atoms with Crippen molar-refractivity contribution in [1.29, 1.82) is 0 Å². The maximum Gasteiger partial charge on any atom is 0.243 e. The summed E-state index contributed by atoms with van der Waals surface area (Å²) in [6, 6.07) is 6.92. The SMILES string of the molecule is CCN(CC)S(=O)(=O)c1cccc(NCc2ncc(C)s2)c1. The molecule has 120 valence electrons. The summed E-state index contributed by atoms with van der Waals surface area (Å²) in [4.78, 5) is 5.76. The second-order valence-corrected chi connectivity index (χ2v) is 8.09. The van der Waals surface area contributed by atoms with E-state index in [1.165, 1.54) is 4.31 Å². The van der Waals surface area contributed by atoms with E-state index in [9.17, 15) is 8.42 Å². The summed E-state index contributed by atoms with van der Waals surface area (Å²) in [7, 11) is -3.42. The number of nitrogens with one attached hydrogen (secondary N) is 1. The maximum atomic E-state index is 12.5. The normalized spacial score (nSPS) is 11.8. The lowest BCUT2D eigenvalue weighted by atomic mass is 10.3. The van der Waals surface area contributed by atoms with Crippen molar-refractivity contribution < 1.29 is 8.42 Å². The predicted molar refractivity (Wildman–Crippen MR) is 90.7 cm³/mol. The molecule has 0 amide bonds. The molecule has 0 aliphatic heterocycles. The molecule has 1 aromatic carbocycles. The minimum absolute atomic E-state index is 0.316.